The van der Waals surface area contributed by atoms with Crippen molar-refractivity contribution in [3.63, 3.8) is 0 Å². The highest BCUT2D eigenvalue weighted by Crippen LogP contribution is 2.23. The van der Waals surface area contributed by atoms with E-state index in [0.717, 1.165) is 18.2 Å². The SMILES string of the molecule is Cc1ccc(OCCCCCCBr)cc1[N+](=O)[O-]. The quantitative estimate of drug-likeness (QED) is 0.312. The molecule has 100 valence electrons. The molecule has 0 aliphatic rings. The zero-order valence-electron chi connectivity index (χ0n) is 10.5. The number of hydrogen-bond acceptors (Lipinski definition) is 3. The average molecular weight is 316 g/mol. The Labute approximate surface area is 116 Å². The lowest BCUT2D eigenvalue weighted by molar-refractivity contribution is -0.385. The van der Waals surface area contributed by atoms with Gasteiger partial charge in [-0.2, -0.15) is 0 Å². The van der Waals surface area contributed by atoms with Crippen molar-refractivity contribution < 1.29 is 9.66 Å². The Hall–Kier alpha value is -1.10. The zero-order valence-corrected chi connectivity index (χ0v) is 12.1. The van der Waals surface area contributed by atoms with E-state index in [1.165, 1.54) is 18.9 Å². The summed E-state index contributed by atoms with van der Waals surface area (Å²) in [5.74, 6) is 0.577. The number of halogens is 1. The van der Waals surface area contributed by atoms with Gasteiger partial charge in [-0.25, -0.2) is 0 Å². The monoisotopic (exact) mass is 315 g/mol. The van der Waals surface area contributed by atoms with Crippen molar-refractivity contribution in [2.45, 2.75) is 32.6 Å². The van der Waals surface area contributed by atoms with Crippen molar-refractivity contribution in [3.05, 3.63) is 33.9 Å². The molecule has 0 aliphatic heterocycles. The highest BCUT2D eigenvalue weighted by molar-refractivity contribution is 9.09. The Bertz CT molecular complexity index is 396. The molecule has 0 radical (unpaired) electrons. The van der Waals surface area contributed by atoms with Gasteiger partial charge in [0.05, 0.1) is 17.6 Å². The number of alkyl halides is 1. The van der Waals surface area contributed by atoms with Crippen LogP contribution < -0.4 is 4.74 Å². The largest absolute Gasteiger partial charge is 0.493 e. The number of ether oxygens (including phenoxy) is 1. The summed E-state index contributed by atoms with van der Waals surface area (Å²) < 4.78 is 5.52. The first-order valence-corrected chi connectivity index (χ1v) is 7.21. The Balaban J connectivity index is 2.38. The van der Waals surface area contributed by atoms with Crippen LogP contribution in [0.15, 0.2) is 18.2 Å². The molecule has 4 nitrogen and oxygen atoms in total. The lowest BCUT2D eigenvalue weighted by atomic mass is 10.2. The normalized spacial score (nSPS) is 10.3. The van der Waals surface area contributed by atoms with E-state index in [1.54, 1.807) is 19.1 Å². The molecule has 0 amide bonds. The second-order valence-corrected chi connectivity index (χ2v) is 4.95. The number of nitrogens with zero attached hydrogens (tertiary/aromatic N) is 1. The molecule has 5 heteroatoms. The maximum absolute atomic E-state index is 10.8. The van der Waals surface area contributed by atoms with Gasteiger partial charge in [0.25, 0.3) is 5.69 Å². The van der Waals surface area contributed by atoms with Gasteiger partial charge in [-0.05, 0) is 31.9 Å². The van der Waals surface area contributed by atoms with Crippen LogP contribution in [-0.2, 0) is 0 Å². The molecule has 0 heterocycles. The lowest BCUT2D eigenvalue weighted by Gasteiger charge is -2.06. The first-order chi connectivity index (χ1) is 8.65. The molecule has 1 rings (SSSR count). The maximum Gasteiger partial charge on any atom is 0.275 e. The molecular weight excluding hydrogens is 298 g/mol. The van der Waals surface area contributed by atoms with E-state index >= 15 is 0 Å². The van der Waals surface area contributed by atoms with Crippen LogP contribution in [-0.4, -0.2) is 16.9 Å². The second kappa shape index (κ2) is 8.08. The van der Waals surface area contributed by atoms with Gasteiger partial charge in [-0.1, -0.05) is 28.8 Å². The number of rotatable bonds is 8. The van der Waals surface area contributed by atoms with Gasteiger partial charge in [0.2, 0.25) is 0 Å². The van der Waals surface area contributed by atoms with Crippen LogP contribution >= 0.6 is 15.9 Å². The first-order valence-electron chi connectivity index (χ1n) is 6.09. The van der Waals surface area contributed by atoms with Gasteiger partial charge in [-0.15, -0.1) is 0 Å². The van der Waals surface area contributed by atoms with E-state index in [2.05, 4.69) is 15.9 Å². The Kier molecular flexibility index (Phi) is 6.72. The summed E-state index contributed by atoms with van der Waals surface area (Å²) in [6, 6.07) is 4.99. The van der Waals surface area contributed by atoms with Gasteiger partial charge in [-0.3, -0.25) is 10.1 Å². The van der Waals surface area contributed by atoms with E-state index in [1.807, 2.05) is 0 Å². The molecule has 18 heavy (non-hydrogen) atoms. The van der Waals surface area contributed by atoms with Gasteiger partial charge in [0, 0.05) is 10.9 Å². The Morgan fingerprint density at radius 2 is 2.00 bits per heavy atom. The fourth-order valence-corrected chi connectivity index (χ4v) is 2.01. The first kappa shape index (κ1) is 15.0. The van der Waals surface area contributed by atoms with Crippen LogP contribution in [0.1, 0.15) is 31.2 Å². The molecule has 0 saturated carbocycles. The minimum Gasteiger partial charge on any atom is -0.493 e. The van der Waals surface area contributed by atoms with Crippen LogP contribution in [0.25, 0.3) is 0 Å². The van der Waals surface area contributed by atoms with Crippen molar-refractivity contribution in [2.24, 2.45) is 0 Å². The number of hydrogen-bond donors (Lipinski definition) is 0. The van der Waals surface area contributed by atoms with Crippen LogP contribution in [0.4, 0.5) is 5.69 Å². The van der Waals surface area contributed by atoms with Crippen molar-refractivity contribution >= 4 is 21.6 Å². The fraction of sp³-hybridized carbons (Fsp3) is 0.538. The van der Waals surface area contributed by atoms with Crippen LogP contribution in [0.5, 0.6) is 5.75 Å². The van der Waals surface area contributed by atoms with Gasteiger partial charge in [0.1, 0.15) is 5.75 Å². The zero-order chi connectivity index (χ0) is 13.4. The Morgan fingerprint density at radius 1 is 1.28 bits per heavy atom. The molecule has 0 N–H and O–H groups in total. The molecule has 0 saturated heterocycles. The molecule has 0 spiro atoms. The van der Waals surface area contributed by atoms with Crippen LogP contribution in [0, 0.1) is 17.0 Å². The summed E-state index contributed by atoms with van der Waals surface area (Å²) >= 11 is 3.39. The van der Waals surface area contributed by atoms with E-state index in [9.17, 15) is 10.1 Å². The number of unbranched alkanes of at least 4 members (excludes halogenated alkanes) is 3. The van der Waals surface area contributed by atoms with Crippen molar-refractivity contribution in [2.75, 3.05) is 11.9 Å². The predicted octanol–water partition coefficient (Wildman–Crippen LogP) is 4.24. The molecule has 1 aromatic carbocycles. The third-order valence-electron chi connectivity index (χ3n) is 2.67. The summed E-state index contributed by atoms with van der Waals surface area (Å²) in [6.07, 6.45) is 4.47. The van der Waals surface area contributed by atoms with E-state index in [0.29, 0.717) is 17.9 Å². The molecule has 0 fully saturated rings. The molecule has 0 bridgehead atoms. The number of nitro groups is 1. The highest BCUT2D eigenvalue weighted by atomic mass is 79.9. The third kappa shape index (κ3) is 5.04. The minimum atomic E-state index is -0.377. The Morgan fingerprint density at radius 3 is 2.67 bits per heavy atom. The van der Waals surface area contributed by atoms with E-state index in [4.69, 9.17) is 4.74 Å². The smallest absolute Gasteiger partial charge is 0.275 e. The molecule has 0 unspecified atom stereocenters. The van der Waals surface area contributed by atoms with Crippen LogP contribution in [0.3, 0.4) is 0 Å². The maximum atomic E-state index is 10.8. The molecule has 0 aliphatic carbocycles. The number of aryl methyl sites for hydroxylation is 1. The van der Waals surface area contributed by atoms with E-state index in [-0.39, 0.29) is 10.6 Å². The number of benzene rings is 1. The predicted molar refractivity (Wildman–Crippen MR) is 75.6 cm³/mol. The van der Waals surface area contributed by atoms with Crippen LogP contribution in [0.2, 0.25) is 0 Å². The standard InChI is InChI=1S/C13H18BrNO3/c1-11-6-7-12(10-13(11)15(16)17)18-9-5-3-2-4-8-14/h6-7,10H,2-5,8-9H2,1H3. The fourth-order valence-electron chi connectivity index (χ4n) is 1.62. The summed E-state index contributed by atoms with van der Waals surface area (Å²) in [5, 5.41) is 11.8. The van der Waals surface area contributed by atoms with Gasteiger partial charge >= 0.3 is 0 Å². The van der Waals surface area contributed by atoms with E-state index < -0.39 is 0 Å². The summed E-state index contributed by atoms with van der Waals surface area (Å²) in [6.45, 7) is 2.34. The van der Waals surface area contributed by atoms with Crippen molar-refractivity contribution in [3.8, 4) is 5.75 Å². The van der Waals surface area contributed by atoms with Crippen molar-refractivity contribution in [1.82, 2.24) is 0 Å². The summed E-state index contributed by atoms with van der Waals surface area (Å²) in [5.41, 5.74) is 0.774. The van der Waals surface area contributed by atoms with Gasteiger partial charge < -0.3 is 4.74 Å². The van der Waals surface area contributed by atoms with Gasteiger partial charge in [0.15, 0.2) is 0 Å². The molecule has 0 aromatic heterocycles. The minimum absolute atomic E-state index is 0.117. The van der Waals surface area contributed by atoms with Crippen molar-refractivity contribution in [1.29, 1.82) is 0 Å². The number of nitro benzene ring substituents is 1. The summed E-state index contributed by atoms with van der Waals surface area (Å²) in [4.78, 5) is 10.4. The summed E-state index contributed by atoms with van der Waals surface area (Å²) in [7, 11) is 0. The average Bonchev–Trinajstić information content (AvgIpc) is 2.35. The molecular formula is C13H18BrNO3. The second-order valence-electron chi connectivity index (χ2n) is 4.16. The molecule has 0 atom stereocenters. The topological polar surface area (TPSA) is 52.4 Å². The lowest BCUT2D eigenvalue weighted by Crippen LogP contribution is -1.99. The highest BCUT2D eigenvalue weighted by Gasteiger charge is 2.11. The molecule has 1 aromatic rings. The third-order valence-corrected chi connectivity index (χ3v) is 3.23.